The molecule has 1 N–H and O–H groups in total. The Morgan fingerprint density at radius 3 is 0.803 bits per heavy atom. The summed E-state index contributed by atoms with van der Waals surface area (Å²) in [6.45, 7) is 5.15. The maximum Gasteiger partial charge on any atom is 0.335 e. The molecular weight excluding hydrogens is 893 g/mol. The summed E-state index contributed by atoms with van der Waals surface area (Å²) in [7, 11) is -6.56. The summed E-state index contributed by atoms with van der Waals surface area (Å²) in [6, 6.07) is 95.9. The van der Waals surface area contributed by atoms with Gasteiger partial charge in [-0.1, -0.05) is 274 Å². The van der Waals surface area contributed by atoms with Crippen LogP contribution in [0.15, 0.2) is 273 Å². The second kappa shape index (κ2) is 19.2. The molecule has 2 heterocycles. The van der Waals surface area contributed by atoms with E-state index in [0.29, 0.717) is 0 Å². The number of hydrogen-bond acceptors (Lipinski definition) is 1. The van der Waals surface area contributed by atoms with Gasteiger partial charge in [-0.05, 0) is 110 Å². The number of allylic oxidation sites excluding steroid dienone is 4. The SMILES string of the molecule is C[Si]1(/C=C(/c2ccc(C(=O)O)cc2)[Si]2(C)C(c3ccccc3)=C(c3ccccc3)C(c3ccccc3)=C2c2ccccc2)C(c2ccccc2)=C(c2ccccc2)C(c2ccccc2)=C1c1ccccc1. The van der Waals surface area contributed by atoms with Crippen LogP contribution in [-0.2, 0) is 0 Å². The van der Waals surface area contributed by atoms with Gasteiger partial charge in [0.2, 0.25) is 0 Å². The van der Waals surface area contributed by atoms with Crippen LogP contribution in [-0.4, -0.2) is 27.2 Å². The number of carboxylic acid groups (broad SMARTS) is 1. The minimum Gasteiger partial charge on any atom is -0.478 e. The van der Waals surface area contributed by atoms with E-state index in [0.717, 1.165) is 16.7 Å². The van der Waals surface area contributed by atoms with E-state index < -0.39 is 22.1 Å². The van der Waals surface area contributed by atoms with Crippen LogP contribution in [0.1, 0.15) is 60.4 Å². The molecular formula is C67H52O2Si2. The molecule has 11 rings (SSSR count). The first-order valence-corrected chi connectivity index (χ1v) is 29.4. The standard InChI is InChI=1S/C67H52O2Si2/c1-70(63(53-35-19-7-20-36-53)59(49-27-11-3-12-28-49)60(50-29-13-4-14-30-50)64(70)54-37-21-8-22-38-54)47-58(48-43-45-57(46-44-48)67(68)69)71(2)65(55-39-23-9-24-40-55)61(51-31-15-5-16-32-51)62(52-33-17-6-18-34-52)66(71)56-41-25-10-26-42-56/h3-47H,1-2H3,(H,68,69)/b58-47-. The summed E-state index contributed by atoms with van der Waals surface area (Å²) >= 11 is 0. The van der Waals surface area contributed by atoms with E-state index in [1.54, 1.807) is 12.1 Å². The van der Waals surface area contributed by atoms with E-state index in [2.05, 4.69) is 274 Å². The molecule has 0 saturated carbocycles. The van der Waals surface area contributed by atoms with Crippen molar-refractivity contribution in [3.8, 4) is 0 Å². The van der Waals surface area contributed by atoms with E-state index in [-0.39, 0.29) is 5.56 Å². The predicted octanol–water partition coefficient (Wildman–Crippen LogP) is 16.6. The first-order chi connectivity index (χ1) is 34.9. The van der Waals surface area contributed by atoms with Crippen LogP contribution >= 0.6 is 0 Å². The van der Waals surface area contributed by atoms with Gasteiger partial charge in [0.05, 0.1) is 5.56 Å². The average molecular weight is 945 g/mol. The Labute approximate surface area is 419 Å². The summed E-state index contributed by atoms with van der Waals surface area (Å²) in [4.78, 5) is 12.7. The first-order valence-electron chi connectivity index (χ1n) is 24.4. The molecule has 340 valence electrons. The smallest absolute Gasteiger partial charge is 0.335 e. The lowest BCUT2D eigenvalue weighted by Crippen LogP contribution is -2.39. The highest BCUT2D eigenvalue weighted by Crippen LogP contribution is 2.62. The zero-order valence-electron chi connectivity index (χ0n) is 39.8. The van der Waals surface area contributed by atoms with Gasteiger partial charge in [-0.15, -0.1) is 0 Å². The minimum atomic E-state index is -3.35. The fraction of sp³-hybridized carbons (Fsp3) is 0.0299. The molecule has 0 amide bonds. The van der Waals surface area contributed by atoms with Gasteiger partial charge < -0.3 is 5.11 Å². The Hall–Kier alpha value is -8.42. The van der Waals surface area contributed by atoms with E-state index in [1.807, 2.05) is 0 Å². The predicted molar refractivity (Wildman–Crippen MR) is 303 cm³/mol. The van der Waals surface area contributed by atoms with Gasteiger partial charge in [-0.25, -0.2) is 4.79 Å². The molecule has 9 aromatic carbocycles. The fourth-order valence-electron chi connectivity index (χ4n) is 11.5. The van der Waals surface area contributed by atoms with Gasteiger partial charge in [0.1, 0.15) is 16.1 Å². The minimum absolute atomic E-state index is 0.260. The molecule has 0 aromatic heterocycles. The van der Waals surface area contributed by atoms with Crippen molar-refractivity contribution in [1.82, 2.24) is 0 Å². The summed E-state index contributed by atoms with van der Waals surface area (Å²) in [5, 5.41) is 17.0. The largest absolute Gasteiger partial charge is 0.478 e. The van der Waals surface area contributed by atoms with E-state index >= 15 is 0 Å². The summed E-state index contributed by atoms with van der Waals surface area (Å²) < 4.78 is 0. The normalized spacial score (nSPS) is 15.4. The molecule has 0 radical (unpaired) electrons. The Balaban J connectivity index is 1.38. The van der Waals surface area contributed by atoms with Crippen LogP contribution in [0.2, 0.25) is 13.1 Å². The maximum atomic E-state index is 12.7. The highest BCUT2D eigenvalue weighted by atomic mass is 28.3. The third kappa shape index (κ3) is 8.07. The Morgan fingerprint density at radius 1 is 0.310 bits per heavy atom. The molecule has 0 atom stereocenters. The molecule has 0 saturated heterocycles. The zero-order valence-corrected chi connectivity index (χ0v) is 41.8. The van der Waals surface area contributed by atoms with Crippen LogP contribution in [0.3, 0.4) is 0 Å². The Morgan fingerprint density at radius 2 is 0.535 bits per heavy atom. The van der Waals surface area contributed by atoms with Crippen molar-refractivity contribution in [3.63, 3.8) is 0 Å². The number of hydrogen-bond donors (Lipinski definition) is 1. The number of carboxylic acids is 1. The lowest BCUT2D eigenvalue weighted by molar-refractivity contribution is 0.0697. The quantitative estimate of drug-likeness (QED) is 0.124. The van der Waals surface area contributed by atoms with Crippen molar-refractivity contribution in [2.75, 3.05) is 0 Å². The van der Waals surface area contributed by atoms with Crippen molar-refractivity contribution >= 4 is 70.4 Å². The Bertz CT molecular complexity index is 3350. The van der Waals surface area contributed by atoms with Crippen LogP contribution in [0.4, 0.5) is 0 Å². The number of benzene rings is 9. The lowest BCUT2D eigenvalue weighted by Gasteiger charge is -2.37. The van der Waals surface area contributed by atoms with Crippen LogP contribution in [0.25, 0.3) is 48.3 Å². The average Bonchev–Trinajstić information content (AvgIpc) is 3.88. The van der Waals surface area contributed by atoms with Gasteiger partial charge in [0.25, 0.3) is 0 Å². The summed E-state index contributed by atoms with van der Waals surface area (Å²) in [5.74, 6) is -0.945. The molecule has 2 nitrogen and oxygen atoms in total. The van der Waals surface area contributed by atoms with Gasteiger partial charge in [-0.2, -0.15) is 0 Å². The maximum absolute atomic E-state index is 12.7. The molecule has 0 bridgehead atoms. The molecule has 0 aliphatic carbocycles. The third-order valence-corrected chi connectivity index (χ3v) is 23.4. The summed E-state index contributed by atoms with van der Waals surface area (Å²) in [5.41, 5.74) is 18.4. The van der Waals surface area contributed by atoms with Crippen molar-refractivity contribution < 1.29 is 9.90 Å². The number of carbonyl (C=O) groups is 1. The Kier molecular flexibility index (Phi) is 12.2. The second-order valence-corrected chi connectivity index (χ2v) is 26.2. The van der Waals surface area contributed by atoms with Gasteiger partial charge in [0, 0.05) is 0 Å². The highest BCUT2D eigenvalue weighted by Gasteiger charge is 2.53. The molecule has 0 spiro atoms. The molecule has 0 fully saturated rings. The molecule has 4 heteroatoms. The van der Waals surface area contributed by atoms with E-state index in [9.17, 15) is 9.90 Å². The van der Waals surface area contributed by atoms with Crippen molar-refractivity contribution in [1.29, 1.82) is 0 Å². The van der Waals surface area contributed by atoms with E-state index in [1.165, 1.54) is 81.7 Å². The van der Waals surface area contributed by atoms with Crippen LogP contribution in [0, 0.1) is 0 Å². The van der Waals surface area contributed by atoms with Gasteiger partial charge in [-0.3, -0.25) is 0 Å². The lowest BCUT2D eigenvalue weighted by atomic mass is 9.89. The second-order valence-electron chi connectivity index (χ2n) is 18.7. The molecule has 9 aromatic rings. The third-order valence-electron chi connectivity index (χ3n) is 14.5. The monoisotopic (exact) mass is 944 g/mol. The van der Waals surface area contributed by atoms with Gasteiger partial charge in [0.15, 0.2) is 0 Å². The number of aromatic carboxylic acids is 1. The number of rotatable bonds is 12. The highest BCUT2D eigenvalue weighted by molar-refractivity contribution is 7.27. The topological polar surface area (TPSA) is 37.3 Å². The van der Waals surface area contributed by atoms with Crippen LogP contribution < -0.4 is 0 Å². The first kappa shape index (κ1) is 45.1. The molecule has 0 unspecified atom stereocenters. The molecule has 2 aliphatic heterocycles. The van der Waals surface area contributed by atoms with Crippen molar-refractivity contribution in [3.05, 3.63) is 328 Å². The van der Waals surface area contributed by atoms with Crippen molar-refractivity contribution in [2.24, 2.45) is 0 Å². The van der Waals surface area contributed by atoms with Crippen LogP contribution in [0.5, 0.6) is 0 Å². The van der Waals surface area contributed by atoms with E-state index in [4.69, 9.17) is 0 Å². The molecule has 71 heavy (non-hydrogen) atoms. The summed E-state index contributed by atoms with van der Waals surface area (Å²) in [6.07, 6.45) is 0. The zero-order chi connectivity index (χ0) is 48.4. The fourth-order valence-corrected chi connectivity index (χ4v) is 22.5. The van der Waals surface area contributed by atoms with Gasteiger partial charge >= 0.3 is 5.97 Å². The van der Waals surface area contributed by atoms with Crippen molar-refractivity contribution in [2.45, 2.75) is 13.1 Å². The molecule has 2 aliphatic rings.